The van der Waals surface area contributed by atoms with E-state index in [-0.39, 0.29) is 17.8 Å². The summed E-state index contributed by atoms with van der Waals surface area (Å²) in [7, 11) is -1.09. The van der Waals surface area contributed by atoms with Gasteiger partial charge in [-0.25, -0.2) is 13.4 Å². The van der Waals surface area contributed by atoms with Crippen molar-refractivity contribution >= 4 is 44.8 Å². The fraction of sp³-hybridized carbons (Fsp3) is 0.406. The topological polar surface area (TPSA) is 135 Å². The van der Waals surface area contributed by atoms with E-state index < -0.39 is 21.8 Å². The van der Waals surface area contributed by atoms with Gasteiger partial charge in [-0.05, 0) is 37.5 Å². The van der Waals surface area contributed by atoms with Crippen molar-refractivity contribution in [3.05, 3.63) is 81.5 Å². The molecule has 14 heteroatoms. The van der Waals surface area contributed by atoms with Gasteiger partial charge in [0, 0.05) is 63.1 Å². The maximum absolute atomic E-state index is 12.5. The molecule has 1 amide bonds. The average Bonchev–Trinajstić information content (AvgIpc) is 3.75. The molecule has 2 unspecified atom stereocenters. The molecule has 2 aliphatic rings. The number of carbonyl (C=O) groups is 1. The van der Waals surface area contributed by atoms with Crippen LogP contribution in [0.25, 0.3) is 11.1 Å². The molecule has 6 rings (SSSR count). The number of rotatable bonds is 11. The lowest BCUT2D eigenvalue weighted by Crippen LogP contribution is -2.40. The predicted octanol–water partition coefficient (Wildman–Crippen LogP) is 4.80. The Balaban J connectivity index is 1.15. The number of thiophene rings is 1. The summed E-state index contributed by atoms with van der Waals surface area (Å²) < 4.78 is 39.4. The molecule has 0 saturated carbocycles. The zero-order valence-electron chi connectivity index (χ0n) is 25.9. The van der Waals surface area contributed by atoms with Crippen molar-refractivity contribution in [2.24, 2.45) is 12.8 Å². The molecular formula is C32H37ClN6O5S2. The molecular weight excluding hydrogens is 648 g/mol. The number of imidazole rings is 1. The van der Waals surface area contributed by atoms with E-state index in [2.05, 4.69) is 27.1 Å². The number of benzene rings is 1. The van der Waals surface area contributed by atoms with Crippen LogP contribution in [0.1, 0.15) is 64.0 Å². The average molecular weight is 685 g/mol. The standard InChI is InChI=1S/C32H37ClN6O5S2/c1-20(24-5-4-6-27(30(24)33)44-23-9-11-38(12-10-23)13-14-46(3,41)42)43-28-16-29(45-31(28)32(34)40)39-19-35-25-15-21(7-8-26(25)39)22-17-36-37(2)18-22/h4-8,16-21,23H,9-15H2,1-3H3,(H2,34,40). The molecule has 3 aromatic heterocycles. The van der Waals surface area contributed by atoms with Gasteiger partial charge < -0.3 is 20.1 Å². The Morgan fingerprint density at radius 1 is 1.24 bits per heavy atom. The lowest BCUT2D eigenvalue weighted by atomic mass is 9.91. The highest BCUT2D eigenvalue weighted by molar-refractivity contribution is 7.90. The fourth-order valence-corrected chi connectivity index (χ4v) is 7.74. The van der Waals surface area contributed by atoms with E-state index in [1.165, 1.54) is 17.6 Å². The van der Waals surface area contributed by atoms with Crippen molar-refractivity contribution in [3.63, 3.8) is 0 Å². The molecule has 0 radical (unpaired) electrons. The first-order valence-electron chi connectivity index (χ1n) is 15.1. The molecule has 1 aliphatic carbocycles. The van der Waals surface area contributed by atoms with Crippen LogP contribution in [0.3, 0.4) is 0 Å². The predicted molar refractivity (Wildman–Crippen MR) is 179 cm³/mol. The number of hydrogen-bond acceptors (Lipinski definition) is 9. The summed E-state index contributed by atoms with van der Waals surface area (Å²) >= 11 is 8.10. The third-order valence-electron chi connectivity index (χ3n) is 8.42. The number of sulfone groups is 1. The van der Waals surface area contributed by atoms with Gasteiger partial charge in [-0.2, -0.15) is 5.10 Å². The van der Waals surface area contributed by atoms with Gasteiger partial charge in [0.15, 0.2) is 0 Å². The lowest BCUT2D eigenvalue weighted by molar-refractivity contribution is 0.0997. The van der Waals surface area contributed by atoms with Crippen LogP contribution in [0.2, 0.25) is 5.02 Å². The zero-order chi connectivity index (χ0) is 32.6. The number of amides is 1. The molecule has 11 nitrogen and oxygen atoms in total. The molecule has 0 spiro atoms. The Kier molecular flexibility index (Phi) is 9.28. The van der Waals surface area contributed by atoms with Crippen molar-refractivity contribution in [3.8, 4) is 16.5 Å². The number of carbonyl (C=O) groups excluding carboxylic acids is 1. The van der Waals surface area contributed by atoms with Crippen LogP contribution >= 0.6 is 22.9 Å². The first-order valence-corrected chi connectivity index (χ1v) is 18.4. The summed E-state index contributed by atoms with van der Waals surface area (Å²) in [5, 5.41) is 5.51. The molecule has 1 aromatic carbocycles. The van der Waals surface area contributed by atoms with Gasteiger partial charge in [-0.15, -0.1) is 11.3 Å². The smallest absolute Gasteiger partial charge is 0.262 e. The van der Waals surface area contributed by atoms with Gasteiger partial charge in [0.25, 0.3) is 5.91 Å². The molecule has 2 atom stereocenters. The van der Waals surface area contributed by atoms with E-state index in [1.54, 1.807) is 11.0 Å². The molecule has 1 saturated heterocycles. The number of allylic oxidation sites excluding steroid dienone is 1. The summed E-state index contributed by atoms with van der Waals surface area (Å²) in [6, 6.07) is 7.39. The van der Waals surface area contributed by atoms with Gasteiger partial charge in [0.1, 0.15) is 49.7 Å². The van der Waals surface area contributed by atoms with Crippen LogP contribution < -0.4 is 15.2 Å². The van der Waals surface area contributed by atoms with Crippen LogP contribution in [0, 0.1) is 0 Å². The van der Waals surface area contributed by atoms with Gasteiger partial charge in [-0.3, -0.25) is 14.0 Å². The highest BCUT2D eigenvalue weighted by Gasteiger charge is 2.26. The number of nitrogens with zero attached hydrogens (tertiary/aromatic N) is 5. The molecule has 46 heavy (non-hydrogen) atoms. The number of aromatic nitrogens is 4. The molecule has 2 N–H and O–H groups in total. The second-order valence-electron chi connectivity index (χ2n) is 11.9. The van der Waals surface area contributed by atoms with Gasteiger partial charge in [0.05, 0.1) is 28.4 Å². The van der Waals surface area contributed by atoms with E-state index >= 15 is 0 Å². The van der Waals surface area contributed by atoms with Crippen molar-refractivity contribution in [1.29, 1.82) is 0 Å². The number of piperidine rings is 1. The van der Waals surface area contributed by atoms with Crippen LogP contribution in [0.5, 0.6) is 11.5 Å². The molecule has 0 bridgehead atoms. The number of halogens is 1. The van der Waals surface area contributed by atoms with Crippen molar-refractivity contribution in [2.75, 3.05) is 31.6 Å². The number of nitrogens with two attached hydrogens (primary N) is 1. The Bertz CT molecular complexity index is 1870. The minimum atomic E-state index is -2.99. The summed E-state index contributed by atoms with van der Waals surface area (Å²) in [6.07, 6.45) is 12.9. The number of fused-ring (bicyclic) bond motifs is 1. The summed E-state index contributed by atoms with van der Waals surface area (Å²) in [4.78, 5) is 19.6. The SMILES string of the molecule is CC(Oc1cc(-n2cnc3c2C=CC(c2cnn(C)c2)C3)sc1C(N)=O)c1cccc(OC2CCN(CCS(C)(=O)=O)CC2)c1Cl. The third-order valence-corrected chi connectivity index (χ3v) is 10.9. The number of primary amides is 1. The second-order valence-corrected chi connectivity index (χ2v) is 15.6. The Hall–Kier alpha value is -3.65. The monoisotopic (exact) mass is 684 g/mol. The van der Waals surface area contributed by atoms with E-state index in [4.69, 9.17) is 26.8 Å². The maximum Gasteiger partial charge on any atom is 0.262 e. The number of likely N-dealkylation sites (tertiary alicyclic amines) is 1. The van der Waals surface area contributed by atoms with Gasteiger partial charge in [0.2, 0.25) is 0 Å². The van der Waals surface area contributed by atoms with E-state index in [9.17, 15) is 13.2 Å². The van der Waals surface area contributed by atoms with Crippen LogP contribution in [0.4, 0.5) is 0 Å². The summed E-state index contributed by atoms with van der Waals surface area (Å²) in [5.41, 5.74) is 9.56. The first-order chi connectivity index (χ1) is 21.9. The Morgan fingerprint density at radius 3 is 2.72 bits per heavy atom. The van der Waals surface area contributed by atoms with Crippen molar-refractivity contribution in [2.45, 2.75) is 44.3 Å². The number of hydrogen-bond donors (Lipinski definition) is 1. The minimum Gasteiger partial charge on any atom is -0.489 e. The molecule has 1 aliphatic heterocycles. The highest BCUT2D eigenvalue weighted by atomic mass is 35.5. The largest absolute Gasteiger partial charge is 0.489 e. The second kappa shape index (κ2) is 13.2. The molecule has 244 valence electrons. The van der Waals surface area contributed by atoms with E-state index in [0.29, 0.717) is 27.9 Å². The van der Waals surface area contributed by atoms with Crippen LogP contribution in [-0.4, -0.2) is 76.3 Å². The van der Waals surface area contributed by atoms with E-state index in [1.807, 2.05) is 55.2 Å². The normalized spacial score (nSPS) is 18.0. The zero-order valence-corrected chi connectivity index (χ0v) is 28.3. The van der Waals surface area contributed by atoms with Crippen molar-refractivity contribution < 1.29 is 22.7 Å². The van der Waals surface area contributed by atoms with Crippen molar-refractivity contribution in [1.82, 2.24) is 24.2 Å². The summed E-state index contributed by atoms with van der Waals surface area (Å²) in [6.45, 7) is 3.91. The Morgan fingerprint density at radius 2 is 2.02 bits per heavy atom. The molecule has 4 aromatic rings. The van der Waals surface area contributed by atoms with Crippen LogP contribution in [-0.2, 0) is 23.3 Å². The van der Waals surface area contributed by atoms with Gasteiger partial charge >= 0.3 is 0 Å². The first kappa shape index (κ1) is 32.3. The molecule has 1 fully saturated rings. The number of aryl methyl sites for hydroxylation is 1. The summed E-state index contributed by atoms with van der Waals surface area (Å²) in [5.74, 6) is 0.706. The Labute approximate surface area is 277 Å². The minimum absolute atomic E-state index is 0.0332. The third kappa shape index (κ3) is 7.17. The maximum atomic E-state index is 12.5. The quantitative estimate of drug-likeness (QED) is 0.238. The number of ether oxygens (including phenoxy) is 2. The fourth-order valence-electron chi connectivity index (χ4n) is 5.90. The van der Waals surface area contributed by atoms with Gasteiger partial charge in [-0.1, -0.05) is 29.8 Å². The lowest BCUT2D eigenvalue weighted by Gasteiger charge is -2.32. The van der Waals surface area contributed by atoms with Crippen LogP contribution in [0.15, 0.2) is 49.1 Å². The van der Waals surface area contributed by atoms with E-state index in [0.717, 1.165) is 59.9 Å². The molecule has 4 heterocycles. The highest BCUT2D eigenvalue weighted by Crippen LogP contribution is 2.40.